The number of nitro benzene ring substituents is 1. The second-order valence-electron chi connectivity index (χ2n) is 4.66. The van der Waals surface area contributed by atoms with Gasteiger partial charge in [0.15, 0.2) is 0 Å². The van der Waals surface area contributed by atoms with E-state index in [1.54, 1.807) is 24.7 Å². The molecule has 0 N–H and O–H groups in total. The van der Waals surface area contributed by atoms with Crippen LogP contribution in [0.4, 0.5) is 5.69 Å². The maximum atomic E-state index is 10.7. The van der Waals surface area contributed by atoms with Crippen LogP contribution in [0.25, 0.3) is 10.9 Å². The number of imidazole rings is 1. The van der Waals surface area contributed by atoms with Crippen LogP contribution in [0.3, 0.4) is 0 Å². The van der Waals surface area contributed by atoms with E-state index in [1.165, 1.54) is 0 Å². The standard InChI is InChI=1S/C14H14N4O2/c19-18(20)13-2-3-14-12(10-13)4-8-17(14)7-1-6-16-9-5-15-11-16/h2-5,8-11H,1,6-7H2. The van der Waals surface area contributed by atoms with Gasteiger partial charge < -0.3 is 9.13 Å². The highest BCUT2D eigenvalue weighted by atomic mass is 16.6. The Morgan fingerprint density at radius 2 is 2.10 bits per heavy atom. The van der Waals surface area contributed by atoms with E-state index in [2.05, 4.69) is 9.55 Å². The molecule has 3 rings (SSSR count). The molecule has 0 unspecified atom stereocenters. The number of nitrogens with zero attached hydrogens (tertiary/aromatic N) is 4. The van der Waals surface area contributed by atoms with Crippen molar-refractivity contribution in [3.8, 4) is 0 Å². The maximum absolute atomic E-state index is 10.7. The Morgan fingerprint density at radius 1 is 1.20 bits per heavy atom. The molecular formula is C14H14N4O2. The summed E-state index contributed by atoms with van der Waals surface area (Å²) < 4.78 is 4.16. The van der Waals surface area contributed by atoms with Crippen LogP contribution in [0, 0.1) is 10.1 Å². The first-order valence-corrected chi connectivity index (χ1v) is 6.43. The van der Waals surface area contributed by atoms with Crippen molar-refractivity contribution in [3.05, 3.63) is 59.3 Å². The van der Waals surface area contributed by atoms with E-state index < -0.39 is 0 Å². The Labute approximate surface area is 115 Å². The predicted octanol–water partition coefficient (Wildman–Crippen LogP) is 2.84. The van der Waals surface area contributed by atoms with Crippen LogP contribution in [-0.4, -0.2) is 19.0 Å². The minimum absolute atomic E-state index is 0.133. The number of hydrogen-bond acceptors (Lipinski definition) is 3. The Balaban J connectivity index is 1.73. The van der Waals surface area contributed by atoms with Crippen molar-refractivity contribution >= 4 is 16.6 Å². The molecule has 2 aromatic heterocycles. The van der Waals surface area contributed by atoms with Crippen molar-refractivity contribution in [2.75, 3.05) is 0 Å². The molecular weight excluding hydrogens is 256 g/mol. The molecule has 1 aromatic carbocycles. The third-order valence-corrected chi connectivity index (χ3v) is 3.34. The normalized spacial score (nSPS) is 11.0. The SMILES string of the molecule is O=[N+]([O-])c1ccc2c(ccn2CCCn2ccnc2)c1. The van der Waals surface area contributed by atoms with Crippen LogP contribution in [0.1, 0.15) is 6.42 Å². The van der Waals surface area contributed by atoms with Gasteiger partial charge in [0.25, 0.3) is 5.69 Å². The van der Waals surface area contributed by atoms with E-state index in [0.717, 1.165) is 30.4 Å². The molecule has 0 fully saturated rings. The lowest BCUT2D eigenvalue weighted by molar-refractivity contribution is -0.384. The summed E-state index contributed by atoms with van der Waals surface area (Å²) in [6.45, 7) is 1.78. The molecule has 102 valence electrons. The third-order valence-electron chi connectivity index (χ3n) is 3.34. The van der Waals surface area contributed by atoms with E-state index in [4.69, 9.17) is 0 Å². The summed E-state index contributed by atoms with van der Waals surface area (Å²) in [6.07, 6.45) is 8.47. The predicted molar refractivity (Wildman–Crippen MR) is 75.4 cm³/mol. The fourth-order valence-electron chi connectivity index (χ4n) is 2.34. The first-order valence-electron chi connectivity index (χ1n) is 6.43. The summed E-state index contributed by atoms with van der Waals surface area (Å²) in [6, 6.07) is 6.89. The Bertz CT molecular complexity index is 731. The molecule has 20 heavy (non-hydrogen) atoms. The van der Waals surface area contributed by atoms with Gasteiger partial charge in [0, 0.05) is 54.7 Å². The van der Waals surface area contributed by atoms with Crippen LogP contribution in [0.5, 0.6) is 0 Å². The summed E-state index contributed by atoms with van der Waals surface area (Å²) in [5, 5.41) is 11.6. The van der Waals surface area contributed by atoms with Gasteiger partial charge in [0.2, 0.25) is 0 Å². The average molecular weight is 270 g/mol. The highest BCUT2D eigenvalue weighted by Gasteiger charge is 2.08. The third kappa shape index (κ3) is 2.40. The van der Waals surface area contributed by atoms with E-state index in [0.29, 0.717) is 0 Å². The van der Waals surface area contributed by atoms with Crippen LogP contribution in [0.2, 0.25) is 0 Å². The average Bonchev–Trinajstić information content (AvgIpc) is 3.08. The minimum Gasteiger partial charge on any atom is -0.347 e. The zero-order valence-corrected chi connectivity index (χ0v) is 10.8. The molecule has 0 amide bonds. The summed E-state index contributed by atoms with van der Waals surface area (Å²) in [5.41, 5.74) is 1.16. The summed E-state index contributed by atoms with van der Waals surface area (Å²) >= 11 is 0. The summed E-state index contributed by atoms with van der Waals surface area (Å²) in [7, 11) is 0. The van der Waals surface area contributed by atoms with Gasteiger partial charge >= 0.3 is 0 Å². The molecule has 3 aromatic rings. The van der Waals surface area contributed by atoms with Crippen molar-refractivity contribution in [1.82, 2.24) is 14.1 Å². The van der Waals surface area contributed by atoms with Gasteiger partial charge in [-0.1, -0.05) is 0 Å². The van der Waals surface area contributed by atoms with Gasteiger partial charge in [-0.15, -0.1) is 0 Å². The number of benzene rings is 1. The molecule has 0 aliphatic heterocycles. The zero-order chi connectivity index (χ0) is 13.9. The topological polar surface area (TPSA) is 65.9 Å². The Kier molecular flexibility index (Phi) is 3.20. The van der Waals surface area contributed by atoms with Gasteiger partial charge in [-0.2, -0.15) is 0 Å². The van der Waals surface area contributed by atoms with Crippen molar-refractivity contribution in [1.29, 1.82) is 0 Å². The number of non-ortho nitro benzene ring substituents is 1. The van der Waals surface area contributed by atoms with Gasteiger partial charge in [0.1, 0.15) is 0 Å². The Hall–Kier alpha value is -2.63. The van der Waals surface area contributed by atoms with Crippen molar-refractivity contribution in [2.24, 2.45) is 0 Å². The van der Waals surface area contributed by atoms with Crippen LogP contribution in [-0.2, 0) is 13.1 Å². The largest absolute Gasteiger partial charge is 0.347 e. The van der Waals surface area contributed by atoms with E-state index >= 15 is 0 Å². The molecule has 0 aliphatic carbocycles. The molecule has 0 saturated heterocycles. The number of aromatic nitrogens is 3. The molecule has 6 heteroatoms. The quantitative estimate of drug-likeness (QED) is 0.529. The molecule has 0 saturated carbocycles. The smallest absolute Gasteiger partial charge is 0.270 e. The molecule has 0 spiro atoms. The molecule has 0 bridgehead atoms. The van der Waals surface area contributed by atoms with Crippen LogP contribution < -0.4 is 0 Å². The molecule has 6 nitrogen and oxygen atoms in total. The van der Waals surface area contributed by atoms with E-state index in [9.17, 15) is 10.1 Å². The van der Waals surface area contributed by atoms with E-state index in [1.807, 2.05) is 29.1 Å². The maximum Gasteiger partial charge on any atom is 0.270 e. The first kappa shape index (κ1) is 12.4. The monoisotopic (exact) mass is 270 g/mol. The summed E-state index contributed by atoms with van der Waals surface area (Å²) in [4.78, 5) is 14.4. The molecule has 2 heterocycles. The van der Waals surface area contributed by atoms with Crippen LogP contribution >= 0.6 is 0 Å². The molecule has 0 atom stereocenters. The number of aryl methyl sites for hydroxylation is 2. The second-order valence-corrected chi connectivity index (χ2v) is 4.66. The number of hydrogen-bond donors (Lipinski definition) is 0. The number of fused-ring (bicyclic) bond motifs is 1. The molecule has 0 radical (unpaired) electrons. The van der Waals surface area contributed by atoms with Gasteiger partial charge in [-0.3, -0.25) is 10.1 Å². The number of nitro groups is 1. The van der Waals surface area contributed by atoms with Crippen molar-refractivity contribution in [2.45, 2.75) is 19.5 Å². The lowest BCUT2D eigenvalue weighted by Gasteiger charge is -2.06. The fourth-order valence-corrected chi connectivity index (χ4v) is 2.34. The van der Waals surface area contributed by atoms with Crippen molar-refractivity contribution in [3.63, 3.8) is 0 Å². The highest BCUT2D eigenvalue weighted by Crippen LogP contribution is 2.22. The van der Waals surface area contributed by atoms with Gasteiger partial charge in [-0.25, -0.2) is 4.98 Å². The fraction of sp³-hybridized carbons (Fsp3) is 0.214. The summed E-state index contributed by atoms with van der Waals surface area (Å²) in [5.74, 6) is 0. The lowest BCUT2D eigenvalue weighted by atomic mass is 10.2. The minimum atomic E-state index is -0.365. The van der Waals surface area contributed by atoms with E-state index in [-0.39, 0.29) is 10.6 Å². The second kappa shape index (κ2) is 5.16. The van der Waals surface area contributed by atoms with Crippen LogP contribution in [0.15, 0.2) is 49.2 Å². The van der Waals surface area contributed by atoms with Gasteiger partial charge in [-0.05, 0) is 18.6 Å². The lowest BCUT2D eigenvalue weighted by Crippen LogP contribution is -2.01. The van der Waals surface area contributed by atoms with Crippen molar-refractivity contribution < 1.29 is 4.92 Å². The first-order chi connectivity index (χ1) is 9.74. The van der Waals surface area contributed by atoms with Gasteiger partial charge in [0.05, 0.1) is 11.3 Å². The molecule has 0 aliphatic rings. The zero-order valence-electron chi connectivity index (χ0n) is 10.8. The Morgan fingerprint density at radius 3 is 2.85 bits per heavy atom. The number of rotatable bonds is 5. The highest BCUT2D eigenvalue weighted by molar-refractivity contribution is 5.82.